The van der Waals surface area contributed by atoms with E-state index in [1.54, 1.807) is 23.6 Å². The van der Waals surface area contributed by atoms with E-state index in [1.165, 1.54) is 11.3 Å². The molecule has 0 aliphatic heterocycles. The van der Waals surface area contributed by atoms with E-state index in [9.17, 15) is 9.90 Å². The zero-order valence-electron chi connectivity index (χ0n) is 9.25. The van der Waals surface area contributed by atoms with Crippen molar-refractivity contribution in [2.75, 3.05) is 0 Å². The summed E-state index contributed by atoms with van der Waals surface area (Å²) in [4.78, 5) is 11.4. The van der Waals surface area contributed by atoms with Crippen molar-refractivity contribution >= 4 is 17.3 Å². The highest BCUT2D eigenvalue weighted by Crippen LogP contribution is 2.31. The lowest BCUT2D eigenvalue weighted by Gasteiger charge is -2.12. The SMILES string of the molecule is C[C@H](c1cccc(O)c1)c1ccsc1C(=O)O. The minimum Gasteiger partial charge on any atom is -0.508 e. The van der Waals surface area contributed by atoms with Gasteiger partial charge in [-0.05, 0) is 34.7 Å². The van der Waals surface area contributed by atoms with E-state index >= 15 is 0 Å². The lowest BCUT2D eigenvalue weighted by molar-refractivity contribution is 0.0701. The number of aromatic carboxylic acids is 1. The van der Waals surface area contributed by atoms with Crippen molar-refractivity contribution in [2.45, 2.75) is 12.8 Å². The summed E-state index contributed by atoms with van der Waals surface area (Å²) >= 11 is 1.22. The van der Waals surface area contributed by atoms with Gasteiger partial charge in [0, 0.05) is 5.92 Å². The van der Waals surface area contributed by atoms with Crippen LogP contribution in [0.25, 0.3) is 0 Å². The van der Waals surface area contributed by atoms with Crippen LogP contribution >= 0.6 is 11.3 Å². The number of hydrogen-bond donors (Lipinski definition) is 2. The molecule has 0 aliphatic rings. The largest absolute Gasteiger partial charge is 0.508 e. The minimum absolute atomic E-state index is 0.0422. The van der Waals surface area contributed by atoms with Crippen LogP contribution in [0.1, 0.15) is 33.6 Å². The summed E-state index contributed by atoms with van der Waals surface area (Å²) in [7, 11) is 0. The maximum absolute atomic E-state index is 11.0. The van der Waals surface area contributed by atoms with Gasteiger partial charge < -0.3 is 10.2 Å². The van der Waals surface area contributed by atoms with Crippen molar-refractivity contribution in [1.82, 2.24) is 0 Å². The van der Waals surface area contributed by atoms with Crippen molar-refractivity contribution in [1.29, 1.82) is 0 Å². The first-order chi connectivity index (χ1) is 8.09. The van der Waals surface area contributed by atoms with Gasteiger partial charge in [-0.15, -0.1) is 11.3 Å². The summed E-state index contributed by atoms with van der Waals surface area (Å²) in [5, 5.41) is 20.3. The molecule has 0 amide bonds. The average molecular weight is 248 g/mol. The number of aromatic hydroxyl groups is 1. The number of phenols is 1. The highest BCUT2D eigenvalue weighted by molar-refractivity contribution is 7.12. The minimum atomic E-state index is -0.901. The van der Waals surface area contributed by atoms with Gasteiger partial charge in [0.2, 0.25) is 0 Å². The predicted molar refractivity (Wildman–Crippen MR) is 66.9 cm³/mol. The Balaban J connectivity index is 2.40. The number of carboxylic acids is 1. The van der Waals surface area contributed by atoms with Crippen LogP contribution in [0, 0.1) is 0 Å². The normalized spacial score (nSPS) is 12.3. The number of thiophene rings is 1. The third-order valence-electron chi connectivity index (χ3n) is 2.73. The zero-order chi connectivity index (χ0) is 12.4. The molecule has 4 heteroatoms. The molecule has 2 aromatic rings. The molecule has 0 bridgehead atoms. The monoisotopic (exact) mass is 248 g/mol. The van der Waals surface area contributed by atoms with Crippen LogP contribution in [0.5, 0.6) is 5.75 Å². The van der Waals surface area contributed by atoms with Crippen LogP contribution in [0.2, 0.25) is 0 Å². The Bertz CT molecular complexity index is 545. The summed E-state index contributed by atoms with van der Waals surface area (Å²) in [5.74, 6) is -0.747. The first kappa shape index (κ1) is 11.7. The molecule has 2 rings (SSSR count). The second kappa shape index (κ2) is 4.59. The van der Waals surface area contributed by atoms with E-state index in [2.05, 4.69) is 0 Å². The molecule has 17 heavy (non-hydrogen) atoms. The van der Waals surface area contributed by atoms with Crippen LogP contribution in [0.15, 0.2) is 35.7 Å². The molecule has 0 saturated carbocycles. The Kier molecular flexibility index (Phi) is 3.15. The van der Waals surface area contributed by atoms with Gasteiger partial charge in [-0.2, -0.15) is 0 Å². The van der Waals surface area contributed by atoms with E-state index < -0.39 is 5.97 Å². The highest BCUT2D eigenvalue weighted by atomic mass is 32.1. The fourth-order valence-electron chi connectivity index (χ4n) is 1.81. The Morgan fingerprint density at radius 3 is 2.76 bits per heavy atom. The van der Waals surface area contributed by atoms with Crippen molar-refractivity contribution in [3.63, 3.8) is 0 Å². The maximum Gasteiger partial charge on any atom is 0.346 e. The van der Waals surface area contributed by atoms with Crippen LogP contribution < -0.4 is 0 Å². The molecular formula is C13H12O3S. The Hall–Kier alpha value is -1.81. The van der Waals surface area contributed by atoms with E-state index in [0.29, 0.717) is 4.88 Å². The van der Waals surface area contributed by atoms with Crippen LogP contribution in [0.4, 0.5) is 0 Å². The highest BCUT2D eigenvalue weighted by Gasteiger charge is 2.18. The third-order valence-corrected chi connectivity index (χ3v) is 3.64. The molecule has 88 valence electrons. The molecular weight excluding hydrogens is 236 g/mol. The predicted octanol–water partition coefficient (Wildman–Crippen LogP) is 3.30. The molecule has 1 heterocycles. The van der Waals surface area contributed by atoms with Gasteiger partial charge in [0.05, 0.1) is 0 Å². The quantitative estimate of drug-likeness (QED) is 0.876. The average Bonchev–Trinajstić information content (AvgIpc) is 2.77. The number of carboxylic acid groups (broad SMARTS) is 1. The van der Waals surface area contributed by atoms with Gasteiger partial charge in [-0.25, -0.2) is 4.79 Å². The van der Waals surface area contributed by atoms with E-state index in [-0.39, 0.29) is 11.7 Å². The standard InChI is InChI=1S/C13H12O3S/c1-8(9-3-2-4-10(14)7-9)11-5-6-17-12(11)13(15)16/h2-8,14H,1H3,(H,15,16)/t8-/m1/s1. The number of carbonyl (C=O) groups is 1. The van der Waals surface area contributed by atoms with Crippen LogP contribution in [-0.4, -0.2) is 16.2 Å². The van der Waals surface area contributed by atoms with Crippen molar-refractivity contribution in [3.8, 4) is 5.75 Å². The second-order valence-electron chi connectivity index (χ2n) is 3.83. The molecule has 3 nitrogen and oxygen atoms in total. The molecule has 1 aromatic heterocycles. The first-order valence-electron chi connectivity index (χ1n) is 5.19. The van der Waals surface area contributed by atoms with Crippen molar-refractivity contribution < 1.29 is 15.0 Å². The lowest BCUT2D eigenvalue weighted by atomic mass is 9.93. The fourth-order valence-corrected chi connectivity index (χ4v) is 2.64. The lowest BCUT2D eigenvalue weighted by Crippen LogP contribution is -2.02. The summed E-state index contributed by atoms with van der Waals surface area (Å²) < 4.78 is 0. The van der Waals surface area contributed by atoms with Gasteiger partial charge in [-0.3, -0.25) is 0 Å². The number of benzene rings is 1. The van der Waals surface area contributed by atoms with Crippen LogP contribution in [0.3, 0.4) is 0 Å². The molecule has 0 spiro atoms. The Morgan fingerprint density at radius 1 is 1.35 bits per heavy atom. The molecule has 0 unspecified atom stereocenters. The van der Waals surface area contributed by atoms with Gasteiger partial charge in [0.1, 0.15) is 10.6 Å². The van der Waals surface area contributed by atoms with Gasteiger partial charge in [0.25, 0.3) is 0 Å². The Morgan fingerprint density at radius 2 is 2.12 bits per heavy atom. The van der Waals surface area contributed by atoms with E-state index in [1.807, 2.05) is 19.1 Å². The topological polar surface area (TPSA) is 57.5 Å². The molecule has 1 atom stereocenters. The molecule has 0 fully saturated rings. The smallest absolute Gasteiger partial charge is 0.346 e. The second-order valence-corrected chi connectivity index (χ2v) is 4.74. The van der Waals surface area contributed by atoms with E-state index in [0.717, 1.165) is 11.1 Å². The summed E-state index contributed by atoms with van der Waals surface area (Å²) in [5.41, 5.74) is 1.69. The molecule has 0 aliphatic carbocycles. The molecule has 0 radical (unpaired) electrons. The zero-order valence-corrected chi connectivity index (χ0v) is 10.1. The molecule has 2 N–H and O–H groups in total. The third kappa shape index (κ3) is 2.31. The van der Waals surface area contributed by atoms with Gasteiger partial charge >= 0.3 is 5.97 Å². The van der Waals surface area contributed by atoms with Gasteiger partial charge in [-0.1, -0.05) is 19.1 Å². The molecule has 1 aromatic carbocycles. The first-order valence-corrected chi connectivity index (χ1v) is 6.07. The number of rotatable bonds is 3. The van der Waals surface area contributed by atoms with Gasteiger partial charge in [0.15, 0.2) is 0 Å². The van der Waals surface area contributed by atoms with Crippen molar-refractivity contribution in [2.24, 2.45) is 0 Å². The Labute approximate surface area is 103 Å². The number of phenolic OH excluding ortho intramolecular Hbond substituents is 1. The van der Waals surface area contributed by atoms with Crippen LogP contribution in [-0.2, 0) is 0 Å². The maximum atomic E-state index is 11.0. The van der Waals surface area contributed by atoms with E-state index in [4.69, 9.17) is 5.11 Å². The number of hydrogen-bond acceptors (Lipinski definition) is 3. The summed E-state index contributed by atoms with van der Waals surface area (Å²) in [6.07, 6.45) is 0. The van der Waals surface area contributed by atoms with Crippen molar-refractivity contribution in [3.05, 3.63) is 51.7 Å². The summed E-state index contributed by atoms with van der Waals surface area (Å²) in [6, 6.07) is 8.72. The molecule has 0 saturated heterocycles. The fraction of sp³-hybridized carbons (Fsp3) is 0.154. The summed E-state index contributed by atoms with van der Waals surface area (Å²) in [6.45, 7) is 1.93.